The molecule has 9 rings (SSSR count). The van der Waals surface area contributed by atoms with E-state index in [1.165, 1.54) is 0 Å². The average molecular weight is 1120 g/mol. The lowest BCUT2D eigenvalue weighted by atomic mass is 9.33. The zero-order valence-corrected chi connectivity index (χ0v) is 45.6. The summed E-state index contributed by atoms with van der Waals surface area (Å²) in [5.41, 5.74) is -2.65. The maximum Gasteiger partial charge on any atom is 0.317 e. The van der Waals surface area contributed by atoms with Crippen LogP contribution in [0.3, 0.4) is 0 Å². The number of carbonyl (C=O) groups is 1. The normalized spacial score (nSPS) is 53.9. The van der Waals surface area contributed by atoms with Crippen molar-refractivity contribution in [3.63, 3.8) is 0 Å². The Morgan fingerprint density at radius 1 is 0.526 bits per heavy atom. The summed E-state index contributed by atoms with van der Waals surface area (Å²) in [6.45, 7) is 12.2. The van der Waals surface area contributed by atoms with Gasteiger partial charge in [-0.15, -0.1) is 0 Å². The second-order valence-electron chi connectivity index (χ2n) is 26.4. The molecule has 4 heterocycles. The molecule has 0 radical (unpaired) electrons. The van der Waals surface area contributed by atoms with Gasteiger partial charge in [0.1, 0.15) is 103 Å². The zero-order chi connectivity index (χ0) is 57.1. The van der Waals surface area contributed by atoms with E-state index in [1.807, 2.05) is 0 Å². The van der Waals surface area contributed by atoms with E-state index in [0.29, 0.717) is 44.9 Å². The lowest BCUT2D eigenvalue weighted by Gasteiger charge is -2.72. The minimum atomic E-state index is -1.95. The summed E-state index contributed by atoms with van der Waals surface area (Å²) < 4.78 is 48.7. The van der Waals surface area contributed by atoms with Gasteiger partial charge >= 0.3 is 5.97 Å². The number of hydrogen-bond donors (Lipinski definition) is 15. The van der Waals surface area contributed by atoms with Crippen LogP contribution in [0.25, 0.3) is 0 Å². The lowest BCUT2D eigenvalue weighted by Crippen LogP contribution is -2.69. The van der Waals surface area contributed by atoms with Crippen molar-refractivity contribution in [2.24, 2.45) is 50.2 Å². The summed E-state index contributed by atoms with van der Waals surface area (Å²) in [4.78, 5) is 14.8. The number of carbonyl (C=O) groups excluding carboxylic acids is 1. The Bertz CT molecular complexity index is 2140. The predicted molar refractivity (Wildman–Crippen MR) is 264 cm³/mol. The molecule has 0 aromatic heterocycles. The van der Waals surface area contributed by atoms with Gasteiger partial charge in [-0.1, -0.05) is 60.1 Å². The highest BCUT2D eigenvalue weighted by Crippen LogP contribution is 2.76. The quantitative estimate of drug-likeness (QED) is 0.0524. The molecule has 24 nitrogen and oxygen atoms in total. The Morgan fingerprint density at radius 2 is 1.01 bits per heavy atom. The second-order valence-corrected chi connectivity index (χ2v) is 26.4. The predicted octanol–water partition coefficient (Wildman–Crippen LogP) is -3.06. The average Bonchev–Trinajstić information content (AvgIpc) is 3.48. The molecule has 5 aliphatic carbocycles. The number of ether oxygens (including phenoxy) is 8. The lowest BCUT2D eigenvalue weighted by molar-refractivity contribution is -0.399. The van der Waals surface area contributed by atoms with E-state index < -0.39 is 195 Å². The summed E-state index contributed by atoms with van der Waals surface area (Å²) in [6.07, 6.45) is -29.0. The topological polar surface area (TPSA) is 394 Å². The Morgan fingerprint density at radius 3 is 1.55 bits per heavy atom. The Hall–Kier alpha value is -1.67. The fourth-order valence-corrected chi connectivity index (χ4v) is 16.6. The number of aliphatic hydroxyl groups excluding tert-OH is 15. The molecule has 29 unspecified atom stereocenters. The van der Waals surface area contributed by atoms with Crippen molar-refractivity contribution in [3.05, 3.63) is 11.6 Å². The van der Waals surface area contributed by atoms with Crippen LogP contribution < -0.4 is 0 Å². The molecule has 4 saturated heterocycles. The molecule has 15 N–H and O–H groups in total. The van der Waals surface area contributed by atoms with Crippen molar-refractivity contribution in [3.8, 4) is 0 Å². The first-order chi connectivity index (χ1) is 36.5. The van der Waals surface area contributed by atoms with E-state index in [9.17, 15) is 81.4 Å². The van der Waals surface area contributed by atoms with E-state index in [2.05, 4.69) is 54.5 Å². The molecule has 0 aromatic carbocycles. The van der Waals surface area contributed by atoms with E-state index in [-0.39, 0.29) is 35.5 Å². The van der Waals surface area contributed by atoms with Crippen molar-refractivity contribution < 1.29 is 119 Å². The van der Waals surface area contributed by atoms with Crippen LogP contribution in [0.15, 0.2) is 11.6 Å². The van der Waals surface area contributed by atoms with Crippen molar-refractivity contribution >= 4 is 5.97 Å². The van der Waals surface area contributed by atoms with Crippen LogP contribution in [0.2, 0.25) is 0 Å². The van der Waals surface area contributed by atoms with Gasteiger partial charge in [-0.2, -0.15) is 0 Å². The van der Waals surface area contributed by atoms with Gasteiger partial charge in [-0.25, -0.2) is 0 Å². The highest BCUT2D eigenvalue weighted by molar-refractivity contribution is 5.80. The van der Waals surface area contributed by atoms with Crippen molar-refractivity contribution in [2.45, 2.75) is 241 Å². The van der Waals surface area contributed by atoms with E-state index in [1.54, 1.807) is 0 Å². The number of esters is 1. The van der Waals surface area contributed by atoms with E-state index in [0.717, 1.165) is 5.57 Å². The van der Waals surface area contributed by atoms with Gasteiger partial charge in [-0.3, -0.25) is 4.79 Å². The number of hydrogen-bond acceptors (Lipinski definition) is 24. The highest BCUT2D eigenvalue weighted by atomic mass is 16.8. The van der Waals surface area contributed by atoms with Gasteiger partial charge in [0, 0.05) is 0 Å². The first-order valence-electron chi connectivity index (χ1n) is 27.9. The minimum Gasteiger partial charge on any atom is -0.432 e. The van der Waals surface area contributed by atoms with Crippen molar-refractivity contribution in [1.29, 1.82) is 0 Å². The summed E-state index contributed by atoms with van der Waals surface area (Å²) in [5.74, 6) is -1.22. The zero-order valence-electron chi connectivity index (χ0n) is 45.6. The molecule has 448 valence electrons. The second kappa shape index (κ2) is 22.1. The Balaban J connectivity index is 1.01. The third kappa shape index (κ3) is 9.67. The van der Waals surface area contributed by atoms with Crippen LogP contribution in [0.1, 0.15) is 106 Å². The molecule has 9 aliphatic rings. The van der Waals surface area contributed by atoms with Gasteiger partial charge in [0.15, 0.2) is 18.9 Å². The fourth-order valence-electron chi connectivity index (χ4n) is 16.6. The first-order valence-corrected chi connectivity index (χ1v) is 27.9. The third-order valence-electron chi connectivity index (χ3n) is 21.5. The standard InChI is InChI=1S/C54H88O24/c1-49(2)14-15-54(48(70)78-46-41(69)38(66)34(62)26(20-57)73-46)23(16-49)22-8-9-29-51(5)12-11-31(50(3,4)28(51)10-13-52(29,6)53(22,7)17-30(54)59)75-47-43(77-45-40(68)37(65)33(61)25(19-56)72-45)42(35(63)27(21-58)74-47)76-44-39(67)36(64)32(60)24(18-55)71-44/h8,23-47,55-69H,9-21H2,1-7H3. The molecule has 4 saturated carbocycles. The third-order valence-corrected chi connectivity index (χ3v) is 21.5. The van der Waals surface area contributed by atoms with Gasteiger partial charge in [0.05, 0.1) is 38.6 Å². The maximum absolute atomic E-state index is 14.8. The minimum absolute atomic E-state index is 0.0242. The molecule has 78 heavy (non-hydrogen) atoms. The molecule has 24 heteroatoms. The largest absolute Gasteiger partial charge is 0.432 e. The molecule has 0 spiro atoms. The molecular formula is C54H88O24. The van der Waals surface area contributed by atoms with Crippen LogP contribution in [-0.4, -0.2) is 244 Å². The van der Waals surface area contributed by atoms with E-state index in [4.69, 9.17) is 37.9 Å². The first kappa shape index (κ1) is 60.9. The fraction of sp³-hybridized carbons (Fsp3) is 0.944. The SMILES string of the molecule is CC1(C)CCC2(C(=O)OC3OC(CO)C(O)C(O)C3O)C(O)CC3(C)C(=CCC4C5(C)CCC(OC6OC(CO)C(O)C(OC7OC(CO)C(O)C(O)C7O)C6OC6OC(CO)C(O)C(O)C6O)C(C)(C)C5CCC43C)C2C1. The summed E-state index contributed by atoms with van der Waals surface area (Å²) in [7, 11) is 0. The van der Waals surface area contributed by atoms with Crippen molar-refractivity contribution in [2.75, 3.05) is 26.4 Å². The van der Waals surface area contributed by atoms with Crippen LogP contribution in [0.5, 0.6) is 0 Å². The molecular weight excluding hydrogens is 1030 g/mol. The molecule has 0 bridgehead atoms. The monoisotopic (exact) mass is 1120 g/mol. The summed E-state index contributed by atoms with van der Waals surface area (Å²) >= 11 is 0. The summed E-state index contributed by atoms with van der Waals surface area (Å²) in [6, 6.07) is 0. The van der Waals surface area contributed by atoms with Crippen LogP contribution in [0.4, 0.5) is 0 Å². The number of aliphatic hydroxyl groups is 15. The summed E-state index contributed by atoms with van der Waals surface area (Å²) in [5, 5.41) is 162. The van der Waals surface area contributed by atoms with Crippen LogP contribution in [0, 0.1) is 50.2 Å². The Labute approximate surface area is 453 Å². The molecule has 29 atom stereocenters. The van der Waals surface area contributed by atoms with Crippen molar-refractivity contribution in [1.82, 2.24) is 0 Å². The van der Waals surface area contributed by atoms with E-state index >= 15 is 0 Å². The van der Waals surface area contributed by atoms with Crippen LogP contribution in [-0.2, 0) is 42.7 Å². The van der Waals surface area contributed by atoms with Gasteiger partial charge < -0.3 is 114 Å². The smallest absolute Gasteiger partial charge is 0.317 e. The van der Waals surface area contributed by atoms with Crippen LogP contribution >= 0.6 is 0 Å². The Kier molecular flexibility index (Phi) is 17.2. The molecule has 4 aliphatic heterocycles. The maximum atomic E-state index is 14.8. The molecule has 0 aromatic rings. The van der Waals surface area contributed by atoms with Gasteiger partial charge in [0.25, 0.3) is 0 Å². The molecule has 8 fully saturated rings. The highest BCUT2D eigenvalue weighted by Gasteiger charge is 2.72. The van der Waals surface area contributed by atoms with Gasteiger partial charge in [-0.05, 0) is 103 Å². The molecule has 0 amide bonds. The number of fused-ring (bicyclic) bond motifs is 7. The number of allylic oxidation sites excluding steroid dienone is 2. The number of rotatable bonds is 12. The van der Waals surface area contributed by atoms with Gasteiger partial charge in [0.2, 0.25) is 6.29 Å².